The second-order valence-corrected chi connectivity index (χ2v) is 11.0. The van der Waals surface area contributed by atoms with Crippen molar-refractivity contribution in [2.75, 3.05) is 6.54 Å². The lowest BCUT2D eigenvalue weighted by Gasteiger charge is -2.34. The molecule has 38 heavy (non-hydrogen) atoms. The SMILES string of the molecule is C[C@@H](O)[C@H](O)CCCCC[C@@H]1NC(=O)[C@@H]2CCCN2C(=O)[C@H](Cc2ccccc2)NC(=O)C(C)(C)NC1=O. The molecule has 10 nitrogen and oxygen atoms in total. The van der Waals surface area contributed by atoms with E-state index in [1.165, 1.54) is 11.8 Å². The van der Waals surface area contributed by atoms with Gasteiger partial charge in [0.05, 0.1) is 12.2 Å². The van der Waals surface area contributed by atoms with Crippen molar-refractivity contribution >= 4 is 23.6 Å². The molecule has 2 fully saturated rings. The van der Waals surface area contributed by atoms with Gasteiger partial charge in [0.15, 0.2) is 0 Å². The van der Waals surface area contributed by atoms with E-state index in [0.717, 1.165) is 5.56 Å². The minimum atomic E-state index is -1.32. The van der Waals surface area contributed by atoms with Gasteiger partial charge < -0.3 is 31.1 Å². The maximum atomic E-state index is 13.6. The van der Waals surface area contributed by atoms with Gasteiger partial charge in [-0.15, -0.1) is 0 Å². The maximum Gasteiger partial charge on any atom is 0.246 e. The second-order valence-electron chi connectivity index (χ2n) is 11.0. The third kappa shape index (κ3) is 7.77. The summed E-state index contributed by atoms with van der Waals surface area (Å²) >= 11 is 0. The van der Waals surface area contributed by atoms with Crippen molar-refractivity contribution in [2.45, 2.75) is 108 Å². The van der Waals surface area contributed by atoms with E-state index in [1.807, 2.05) is 30.3 Å². The van der Waals surface area contributed by atoms with E-state index in [2.05, 4.69) is 16.0 Å². The van der Waals surface area contributed by atoms with Crippen LogP contribution in [0.3, 0.4) is 0 Å². The van der Waals surface area contributed by atoms with Crippen molar-refractivity contribution in [2.24, 2.45) is 0 Å². The number of nitrogens with one attached hydrogen (secondary N) is 3. The molecular formula is C28H42N4O6. The van der Waals surface area contributed by atoms with E-state index < -0.39 is 47.7 Å². The highest BCUT2D eigenvalue weighted by Gasteiger charge is 2.42. The molecule has 2 aliphatic heterocycles. The number of fused-ring (bicyclic) bond motifs is 1. The van der Waals surface area contributed by atoms with Crippen molar-refractivity contribution in [1.29, 1.82) is 0 Å². The molecule has 3 rings (SSSR count). The zero-order valence-corrected chi connectivity index (χ0v) is 22.6. The highest BCUT2D eigenvalue weighted by atomic mass is 16.3. The van der Waals surface area contributed by atoms with Gasteiger partial charge in [-0.1, -0.05) is 49.6 Å². The fraction of sp³-hybridized carbons (Fsp3) is 0.643. The average molecular weight is 531 g/mol. The minimum Gasteiger partial charge on any atom is -0.391 e. The highest BCUT2D eigenvalue weighted by molar-refractivity contribution is 5.99. The number of nitrogens with zero attached hydrogens (tertiary/aromatic N) is 1. The van der Waals surface area contributed by atoms with Crippen molar-refractivity contribution in [1.82, 2.24) is 20.9 Å². The summed E-state index contributed by atoms with van der Waals surface area (Å²) in [7, 11) is 0. The Morgan fingerprint density at radius 2 is 1.68 bits per heavy atom. The van der Waals surface area contributed by atoms with Crippen LogP contribution in [0.4, 0.5) is 0 Å². The van der Waals surface area contributed by atoms with E-state index in [4.69, 9.17) is 0 Å². The van der Waals surface area contributed by atoms with Crippen LogP contribution >= 0.6 is 0 Å². The van der Waals surface area contributed by atoms with Gasteiger partial charge in [-0.3, -0.25) is 19.2 Å². The lowest BCUT2D eigenvalue weighted by atomic mass is 9.98. The largest absolute Gasteiger partial charge is 0.391 e. The molecule has 210 valence electrons. The molecule has 1 aromatic rings. The predicted octanol–water partition coefficient (Wildman–Crippen LogP) is 0.790. The second kappa shape index (κ2) is 13.2. The molecule has 5 N–H and O–H groups in total. The molecule has 0 bridgehead atoms. The Hall–Kier alpha value is -2.98. The number of benzene rings is 1. The van der Waals surface area contributed by atoms with Crippen LogP contribution < -0.4 is 16.0 Å². The van der Waals surface area contributed by atoms with Crippen molar-refractivity contribution in [3.8, 4) is 0 Å². The fourth-order valence-electron chi connectivity index (χ4n) is 5.00. The lowest BCUT2D eigenvalue weighted by Crippen LogP contribution is -2.64. The monoisotopic (exact) mass is 530 g/mol. The van der Waals surface area contributed by atoms with Crippen LogP contribution in [0.1, 0.15) is 71.3 Å². The van der Waals surface area contributed by atoms with Gasteiger partial charge in [0, 0.05) is 13.0 Å². The number of carbonyl (C=O) groups is 4. The molecule has 0 unspecified atom stereocenters. The van der Waals surface area contributed by atoms with Gasteiger partial charge in [0.25, 0.3) is 0 Å². The normalized spacial score (nSPS) is 25.8. The summed E-state index contributed by atoms with van der Waals surface area (Å²) in [4.78, 5) is 55.1. The van der Waals surface area contributed by atoms with E-state index in [9.17, 15) is 29.4 Å². The maximum absolute atomic E-state index is 13.6. The first kappa shape index (κ1) is 29.6. The first-order chi connectivity index (χ1) is 18.0. The molecule has 2 aliphatic rings. The molecule has 1 aromatic carbocycles. The van der Waals surface area contributed by atoms with Gasteiger partial charge >= 0.3 is 0 Å². The molecule has 0 radical (unpaired) electrons. The number of unbranched alkanes of at least 4 members (excludes halogenated alkanes) is 2. The van der Waals surface area contributed by atoms with Crippen LogP contribution in [0.2, 0.25) is 0 Å². The Bertz CT molecular complexity index is 983. The van der Waals surface area contributed by atoms with Gasteiger partial charge in [-0.2, -0.15) is 0 Å². The Labute approximate surface area is 224 Å². The number of hydrogen-bond acceptors (Lipinski definition) is 6. The Morgan fingerprint density at radius 3 is 2.37 bits per heavy atom. The van der Waals surface area contributed by atoms with Gasteiger partial charge in [0.1, 0.15) is 23.7 Å². The Morgan fingerprint density at radius 1 is 0.974 bits per heavy atom. The fourth-order valence-corrected chi connectivity index (χ4v) is 5.00. The van der Waals surface area contributed by atoms with Crippen LogP contribution in [0.15, 0.2) is 30.3 Å². The lowest BCUT2D eigenvalue weighted by molar-refractivity contribution is -0.144. The molecule has 2 saturated heterocycles. The molecule has 0 aliphatic carbocycles. The number of hydrogen-bond donors (Lipinski definition) is 5. The van der Waals surface area contributed by atoms with Crippen molar-refractivity contribution in [3.05, 3.63) is 35.9 Å². The van der Waals surface area contributed by atoms with Crippen molar-refractivity contribution in [3.63, 3.8) is 0 Å². The summed E-state index contributed by atoms with van der Waals surface area (Å²) in [6.45, 7) is 5.09. The molecule has 2 heterocycles. The summed E-state index contributed by atoms with van der Waals surface area (Å²) in [6, 6.07) is 6.92. The zero-order valence-electron chi connectivity index (χ0n) is 22.6. The van der Waals surface area contributed by atoms with Crippen LogP contribution in [0, 0.1) is 0 Å². The van der Waals surface area contributed by atoms with Crippen LogP contribution in [0.25, 0.3) is 0 Å². The summed E-state index contributed by atoms with van der Waals surface area (Å²) in [5.74, 6) is -1.62. The van der Waals surface area contributed by atoms with Gasteiger partial charge in [-0.05, 0) is 52.0 Å². The van der Waals surface area contributed by atoms with Crippen LogP contribution in [-0.2, 0) is 25.6 Å². The summed E-state index contributed by atoms with van der Waals surface area (Å²) in [5.41, 5.74) is -0.443. The molecule has 4 amide bonds. The zero-order chi connectivity index (χ0) is 27.9. The van der Waals surface area contributed by atoms with E-state index in [0.29, 0.717) is 51.5 Å². The van der Waals surface area contributed by atoms with E-state index in [1.54, 1.807) is 13.8 Å². The topological polar surface area (TPSA) is 148 Å². The highest BCUT2D eigenvalue weighted by Crippen LogP contribution is 2.21. The quantitative estimate of drug-likeness (QED) is 0.298. The molecule has 0 spiro atoms. The molecule has 0 aromatic heterocycles. The Balaban J connectivity index is 1.77. The average Bonchev–Trinajstić information content (AvgIpc) is 3.36. The number of aliphatic hydroxyl groups is 2. The number of rotatable bonds is 9. The number of amides is 4. The molecular weight excluding hydrogens is 488 g/mol. The van der Waals surface area contributed by atoms with Crippen molar-refractivity contribution < 1.29 is 29.4 Å². The van der Waals surface area contributed by atoms with Gasteiger partial charge in [-0.25, -0.2) is 0 Å². The first-order valence-corrected chi connectivity index (χ1v) is 13.6. The standard InChI is InChI=1S/C28H42N4O6/c1-18(33)23(34)15-9-5-8-13-20-24(35)31-28(2,3)27(38)30-21(17-19-11-6-4-7-12-19)26(37)32-16-10-14-22(32)25(36)29-20/h4,6-7,11-12,18,20-23,33-34H,5,8-10,13-17H2,1-3H3,(H,29,36)(H,30,38)(H,31,35)/t18-,20+,21+,22+,23-/m1/s1. The smallest absolute Gasteiger partial charge is 0.246 e. The molecule has 0 saturated carbocycles. The Kier molecular flexibility index (Phi) is 10.3. The third-order valence-corrected chi connectivity index (χ3v) is 7.41. The van der Waals surface area contributed by atoms with E-state index in [-0.39, 0.29) is 18.2 Å². The van der Waals surface area contributed by atoms with E-state index >= 15 is 0 Å². The third-order valence-electron chi connectivity index (χ3n) is 7.41. The van der Waals surface area contributed by atoms with Crippen LogP contribution in [-0.4, -0.2) is 81.2 Å². The number of carbonyl (C=O) groups excluding carboxylic acids is 4. The van der Waals surface area contributed by atoms with Crippen LogP contribution in [0.5, 0.6) is 0 Å². The number of aliphatic hydroxyl groups excluding tert-OH is 2. The summed E-state index contributed by atoms with van der Waals surface area (Å²) in [5, 5.41) is 27.7. The molecule has 5 atom stereocenters. The summed E-state index contributed by atoms with van der Waals surface area (Å²) < 4.78 is 0. The minimum absolute atomic E-state index is 0.270. The predicted molar refractivity (Wildman–Crippen MR) is 142 cm³/mol. The van der Waals surface area contributed by atoms with Gasteiger partial charge in [0.2, 0.25) is 23.6 Å². The molecule has 10 heteroatoms. The summed E-state index contributed by atoms with van der Waals surface area (Å²) in [6.07, 6.45) is 2.56. The first-order valence-electron chi connectivity index (χ1n) is 13.6.